The van der Waals surface area contributed by atoms with Gasteiger partial charge in [-0.1, -0.05) is 19.4 Å². The average molecular weight is 372 g/mol. The van der Waals surface area contributed by atoms with Crippen molar-refractivity contribution in [2.24, 2.45) is 34.5 Å². The first-order chi connectivity index (χ1) is 12.8. The molecule has 0 aromatic rings. The third kappa shape index (κ3) is 2.85. The number of esters is 1. The Kier molecular flexibility index (Phi) is 4.66. The van der Waals surface area contributed by atoms with Gasteiger partial charge in [-0.3, -0.25) is 4.79 Å². The molecule has 27 heavy (non-hydrogen) atoms. The van der Waals surface area contributed by atoms with Crippen LogP contribution in [0.4, 0.5) is 0 Å². The van der Waals surface area contributed by atoms with E-state index in [1.807, 2.05) is 0 Å². The Balaban J connectivity index is 1.74. The van der Waals surface area contributed by atoms with Gasteiger partial charge in [-0.25, -0.2) is 4.85 Å². The van der Waals surface area contributed by atoms with Crippen molar-refractivity contribution in [3.05, 3.63) is 23.2 Å². The maximum atomic E-state index is 12.0. The van der Waals surface area contributed by atoms with Crippen LogP contribution in [0, 0.1) is 41.1 Å². The highest BCUT2D eigenvalue weighted by Gasteiger charge is 2.62. The fraction of sp³-hybridized carbons (Fsp3) is 0.826. The summed E-state index contributed by atoms with van der Waals surface area (Å²) in [7, 11) is 0. The molecule has 4 saturated carbocycles. The van der Waals surface area contributed by atoms with Gasteiger partial charge in [-0.2, -0.15) is 0 Å². The van der Waals surface area contributed by atoms with Crippen molar-refractivity contribution in [2.75, 3.05) is 0 Å². The summed E-state index contributed by atoms with van der Waals surface area (Å²) in [6, 6.07) is 0. The minimum Gasteiger partial charge on any atom is -0.462 e. The molecule has 1 N–H and O–H groups in total. The van der Waals surface area contributed by atoms with Crippen molar-refractivity contribution in [1.29, 1.82) is 0 Å². The molecule has 4 aliphatic carbocycles. The third-order valence-electron chi connectivity index (χ3n) is 8.93. The highest BCUT2D eigenvalue weighted by Crippen LogP contribution is 2.67. The summed E-state index contributed by atoms with van der Waals surface area (Å²) in [5, 5.41) is 10.2. The van der Waals surface area contributed by atoms with Crippen molar-refractivity contribution >= 4 is 5.97 Å². The van der Waals surface area contributed by atoms with Crippen LogP contribution in [0.15, 0.2) is 11.8 Å². The first-order valence-electron chi connectivity index (χ1n) is 10.7. The third-order valence-corrected chi connectivity index (χ3v) is 8.93. The lowest BCUT2D eigenvalue weighted by molar-refractivity contribution is -0.191. The molecule has 8 atom stereocenters. The first kappa shape index (κ1) is 19.0. The number of ether oxygens (including phenoxy) is 1. The summed E-state index contributed by atoms with van der Waals surface area (Å²) >= 11 is 0. The predicted molar refractivity (Wildman–Crippen MR) is 103 cm³/mol. The summed E-state index contributed by atoms with van der Waals surface area (Å²) in [4.78, 5) is 15.6. The van der Waals surface area contributed by atoms with Gasteiger partial charge in [0, 0.05) is 12.8 Å². The van der Waals surface area contributed by atoms with E-state index in [4.69, 9.17) is 11.3 Å². The van der Waals surface area contributed by atoms with Crippen molar-refractivity contribution in [1.82, 2.24) is 0 Å². The van der Waals surface area contributed by atoms with Crippen LogP contribution in [0.5, 0.6) is 0 Å². The van der Waals surface area contributed by atoms with Crippen LogP contribution in [0.3, 0.4) is 0 Å². The predicted octanol–water partition coefficient (Wildman–Crippen LogP) is 4.73. The van der Waals surface area contributed by atoms with Gasteiger partial charge in [-0.05, 0) is 80.0 Å². The van der Waals surface area contributed by atoms with Gasteiger partial charge in [0.15, 0.2) is 6.20 Å². The zero-order valence-corrected chi connectivity index (χ0v) is 16.9. The van der Waals surface area contributed by atoms with Gasteiger partial charge in [0.25, 0.3) is 0 Å². The number of rotatable bonds is 1. The minimum absolute atomic E-state index is 0.0107. The van der Waals surface area contributed by atoms with Gasteiger partial charge in [0.2, 0.25) is 0 Å². The number of hydrogen-bond acceptors (Lipinski definition) is 3. The van der Waals surface area contributed by atoms with Crippen LogP contribution in [0.2, 0.25) is 0 Å². The van der Waals surface area contributed by atoms with Crippen LogP contribution >= 0.6 is 0 Å². The van der Waals surface area contributed by atoms with Crippen LogP contribution < -0.4 is 0 Å². The number of fused-ring (bicyclic) bond motifs is 5. The van der Waals surface area contributed by atoms with Crippen LogP contribution in [0.25, 0.3) is 4.85 Å². The van der Waals surface area contributed by atoms with Crippen molar-refractivity contribution < 1.29 is 14.6 Å². The molecule has 0 spiro atoms. The quantitative estimate of drug-likeness (QED) is 0.535. The van der Waals surface area contributed by atoms with E-state index in [-0.39, 0.29) is 29.0 Å². The molecular formula is C23H33NO3. The highest BCUT2D eigenvalue weighted by atomic mass is 16.5. The molecule has 0 saturated heterocycles. The van der Waals surface area contributed by atoms with Gasteiger partial charge in [-0.15, -0.1) is 0 Å². The van der Waals surface area contributed by atoms with Gasteiger partial charge < -0.3 is 9.84 Å². The highest BCUT2D eigenvalue weighted by molar-refractivity contribution is 5.66. The summed E-state index contributed by atoms with van der Waals surface area (Å²) in [5.74, 6) is 1.88. The fourth-order valence-electron chi connectivity index (χ4n) is 7.78. The molecule has 4 nitrogen and oxygen atoms in total. The molecule has 148 valence electrons. The van der Waals surface area contributed by atoms with E-state index in [1.165, 1.54) is 25.3 Å². The van der Waals surface area contributed by atoms with Gasteiger partial charge >= 0.3 is 5.97 Å². The molecule has 0 radical (unpaired) electrons. The summed E-state index contributed by atoms with van der Waals surface area (Å²) < 4.78 is 6.00. The number of hydrogen-bond donors (Lipinski definition) is 1. The van der Waals surface area contributed by atoms with Crippen molar-refractivity contribution in [2.45, 2.75) is 84.3 Å². The second-order valence-electron chi connectivity index (χ2n) is 10.1. The smallest absolute Gasteiger partial charge is 0.302 e. The zero-order valence-electron chi connectivity index (χ0n) is 16.9. The second-order valence-corrected chi connectivity index (χ2v) is 10.1. The van der Waals surface area contributed by atoms with E-state index in [0.717, 1.165) is 38.5 Å². The molecule has 0 bridgehead atoms. The molecule has 0 amide bonds. The normalized spacial score (nSPS) is 50.3. The van der Waals surface area contributed by atoms with Gasteiger partial charge in [0.1, 0.15) is 6.10 Å². The Bertz CT molecular complexity index is 694. The first-order valence-corrected chi connectivity index (χ1v) is 10.7. The molecule has 0 aromatic carbocycles. The van der Waals surface area contributed by atoms with E-state index in [2.05, 4.69) is 18.7 Å². The van der Waals surface area contributed by atoms with E-state index in [0.29, 0.717) is 23.7 Å². The fourth-order valence-corrected chi connectivity index (χ4v) is 7.78. The molecule has 0 unspecified atom stereocenters. The van der Waals surface area contributed by atoms with Crippen LogP contribution in [-0.4, -0.2) is 23.3 Å². The number of aliphatic hydroxyl groups is 1. The van der Waals surface area contributed by atoms with Crippen LogP contribution in [-0.2, 0) is 9.53 Å². The number of carbonyl (C=O) groups excluding carboxylic acids is 1. The van der Waals surface area contributed by atoms with E-state index < -0.39 is 0 Å². The van der Waals surface area contributed by atoms with Crippen molar-refractivity contribution in [3.8, 4) is 0 Å². The lowest BCUT2D eigenvalue weighted by Crippen LogP contribution is -2.59. The molecule has 0 aliphatic heterocycles. The zero-order chi connectivity index (χ0) is 19.4. The Hall–Kier alpha value is -1.34. The topological polar surface area (TPSA) is 50.9 Å². The van der Waals surface area contributed by atoms with Gasteiger partial charge in [0.05, 0.1) is 12.7 Å². The molecule has 4 fully saturated rings. The number of carbonyl (C=O) groups is 1. The summed E-state index contributed by atoms with van der Waals surface area (Å²) in [6.45, 7) is 13.6. The lowest BCUT2D eigenvalue weighted by atomic mass is 9.44. The minimum atomic E-state index is -0.184. The number of aliphatic hydroxyl groups excluding tert-OH is 1. The molecule has 4 aliphatic rings. The molecular weight excluding hydrogens is 338 g/mol. The monoisotopic (exact) mass is 371 g/mol. The Morgan fingerprint density at radius 3 is 2.78 bits per heavy atom. The molecule has 4 rings (SSSR count). The SMILES string of the molecule is [C-]#[N+]/C=C1/CC[C@H]2[C@@H]3CC[C@H]4C[C@H](O)CC[C@]4(C)[C@H]3[C@@H](OC(C)=O)C[C@]12C. The standard InChI is InChI=1S/C23H33NO3/c1-14(25)27-20-12-23(3)16(13-24-4)6-8-19(23)18-7-5-15-11-17(26)9-10-22(15,2)21(18)20/h13,15,17-21,26H,5-12H2,1-3H3/b16-13-/t15-,17+,18-,19-,20-,21+,22-,23+/m0/s1. The molecule has 0 heterocycles. The second kappa shape index (κ2) is 6.62. The number of nitrogens with zero attached hydrogens (tertiary/aromatic N) is 1. The maximum absolute atomic E-state index is 12.0. The average Bonchev–Trinajstić information content (AvgIpc) is 2.91. The lowest BCUT2D eigenvalue weighted by Gasteiger charge is -2.62. The summed E-state index contributed by atoms with van der Waals surface area (Å²) in [5.41, 5.74) is 1.41. The van der Waals surface area contributed by atoms with E-state index in [1.54, 1.807) is 6.20 Å². The Morgan fingerprint density at radius 1 is 1.30 bits per heavy atom. The van der Waals surface area contributed by atoms with E-state index in [9.17, 15) is 9.90 Å². The van der Waals surface area contributed by atoms with Crippen LogP contribution in [0.1, 0.15) is 72.1 Å². The largest absolute Gasteiger partial charge is 0.462 e. The van der Waals surface area contributed by atoms with Crippen molar-refractivity contribution in [3.63, 3.8) is 0 Å². The maximum Gasteiger partial charge on any atom is 0.302 e. The summed E-state index contributed by atoms with van der Waals surface area (Å²) in [6.07, 6.45) is 9.69. The number of allylic oxidation sites excluding steroid dienone is 1. The van der Waals surface area contributed by atoms with E-state index >= 15 is 0 Å². The molecule has 0 aromatic heterocycles. The molecule has 4 heteroatoms. The Labute approximate surface area is 163 Å². The Morgan fingerprint density at radius 2 is 2.07 bits per heavy atom.